The molecule has 0 saturated carbocycles. The Morgan fingerprint density at radius 2 is 1.68 bits per heavy atom. The zero-order valence-electron chi connectivity index (χ0n) is 17.7. The van der Waals surface area contributed by atoms with Crippen molar-refractivity contribution >= 4 is 27.6 Å². The van der Waals surface area contributed by atoms with Crippen LogP contribution in [0.1, 0.15) is 24.0 Å². The van der Waals surface area contributed by atoms with Crippen LogP contribution in [0.25, 0.3) is 0 Å². The van der Waals surface area contributed by atoms with Gasteiger partial charge < -0.3 is 24.3 Å². The second kappa shape index (κ2) is 9.43. The maximum Gasteiger partial charge on any atom is 0.238 e. The Labute approximate surface area is 189 Å². The SMILES string of the molecule is COc1cc(Nc2ncc(Br)c(Oc3cccc4c3CCCC4)n2)cc(OC)c1OC. The zero-order chi connectivity index (χ0) is 21.8. The minimum atomic E-state index is 0.386. The number of methoxy groups -OCH3 is 3. The molecular formula is C23H24BrN3O4. The first-order valence-electron chi connectivity index (χ1n) is 10.0. The van der Waals surface area contributed by atoms with E-state index in [0.29, 0.717) is 39.2 Å². The van der Waals surface area contributed by atoms with Crippen molar-refractivity contribution in [3.8, 4) is 28.9 Å². The van der Waals surface area contributed by atoms with Crippen molar-refractivity contribution in [1.82, 2.24) is 9.97 Å². The lowest BCUT2D eigenvalue weighted by Gasteiger charge is -2.19. The molecule has 3 aromatic rings. The van der Waals surface area contributed by atoms with E-state index in [-0.39, 0.29) is 0 Å². The summed E-state index contributed by atoms with van der Waals surface area (Å²) in [6.07, 6.45) is 6.16. The quantitative estimate of drug-likeness (QED) is 0.461. The highest BCUT2D eigenvalue weighted by Crippen LogP contribution is 2.41. The van der Waals surface area contributed by atoms with Crippen LogP contribution in [0.2, 0.25) is 0 Å². The number of aromatic nitrogens is 2. The lowest BCUT2D eigenvalue weighted by Crippen LogP contribution is -2.05. The van der Waals surface area contributed by atoms with Crippen LogP contribution in [0.4, 0.5) is 11.6 Å². The Morgan fingerprint density at radius 1 is 0.935 bits per heavy atom. The summed E-state index contributed by atoms with van der Waals surface area (Å²) in [7, 11) is 4.71. The molecule has 7 nitrogen and oxygen atoms in total. The minimum Gasteiger partial charge on any atom is -0.493 e. The molecule has 0 unspecified atom stereocenters. The molecule has 1 heterocycles. The Kier molecular flexibility index (Phi) is 6.46. The number of hydrogen-bond donors (Lipinski definition) is 1. The molecule has 1 aliphatic rings. The van der Waals surface area contributed by atoms with Gasteiger partial charge in [-0.05, 0) is 58.8 Å². The molecule has 0 atom stereocenters. The van der Waals surface area contributed by atoms with Crippen molar-refractivity contribution in [2.75, 3.05) is 26.6 Å². The topological polar surface area (TPSA) is 74.7 Å². The van der Waals surface area contributed by atoms with Crippen molar-refractivity contribution < 1.29 is 18.9 Å². The lowest BCUT2D eigenvalue weighted by atomic mass is 9.91. The summed E-state index contributed by atoms with van der Waals surface area (Å²) in [6, 6.07) is 9.78. The lowest BCUT2D eigenvalue weighted by molar-refractivity contribution is 0.324. The summed E-state index contributed by atoms with van der Waals surface area (Å²) in [5, 5.41) is 3.18. The number of nitrogens with zero attached hydrogens (tertiary/aromatic N) is 2. The molecule has 1 aliphatic carbocycles. The van der Waals surface area contributed by atoms with Crippen molar-refractivity contribution in [2.45, 2.75) is 25.7 Å². The molecule has 2 aromatic carbocycles. The average Bonchev–Trinajstić information content (AvgIpc) is 2.80. The molecule has 0 aliphatic heterocycles. The number of anilines is 2. The summed E-state index contributed by atoms with van der Waals surface area (Å²) >= 11 is 3.50. The second-order valence-electron chi connectivity index (χ2n) is 7.09. The predicted octanol–water partition coefficient (Wildman–Crippen LogP) is 5.68. The van der Waals surface area contributed by atoms with Gasteiger partial charge in [-0.1, -0.05) is 12.1 Å². The smallest absolute Gasteiger partial charge is 0.238 e. The molecule has 0 spiro atoms. The molecule has 1 aromatic heterocycles. The summed E-state index contributed by atoms with van der Waals surface area (Å²) in [5.41, 5.74) is 3.31. The van der Waals surface area contributed by atoms with Crippen LogP contribution >= 0.6 is 15.9 Å². The van der Waals surface area contributed by atoms with E-state index in [2.05, 4.69) is 37.3 Å². The fraction of sp³-hybridized carbons (Fsp3) is 0.304. The van der Waals surface area contributed by atoms with E-state index in [1.165, 1.54) is 24.0 Å². The van der Waals surface area contributed by atoms with Gasteiger partial charge in [-0.15, -0.1) is 0 Å². The van der Waals surface area contributed by atoms with E-state index in [1.54, 1.807) is 39.7 Å². The zero-order valence-corrected chi connectivity index (χ0v) is 19.3. The first kappa shape index (κ1) is 21.2. The molecule has 4 rings (SSSR count). The number of ether oxygens (including phenoxy) is 4. The van der Waals surface area contributed by atoms with Gasteiger partial charge in [0.05, 0.1) is 32.0 Å². The van der Waals surface area contributed by atoms with Crippen LogP contribution in [-0.4, -0.2) is 31.3 Å². The van der Waals surface area contributed by atoms with E-state index < -0.39 is 0 Å². The van der Waals surface area contributed by atoms with Crippen LogP contribution in [0.3, 0.4) is 0 Å². The van der Waals surface area contributed by atoms with Crippen LogP contribution in [0, 0.1) is 0 Å². The van der Waals surface area contributed by atoms with Gasteiger partial charge in [-0.3, -0.25) is 0 Å². The minimum absolute atomic E-state index is 0.386. The van der Waals surface area contributed by atoms with E-state index in [0.717, 1.165) is 18.6 Å². The van der Waals surface area contributed by atoms with Gasteiger partial charge in [-0.2, -0.15) is 4.98 Å². The van der Waals surface area contributed by atoms with E-state index in [4.69, 9.17) is 18.9 Å². The number of halogens is 1. The molecule has 0 amide bonds. The molecule has 162 valence electrons. The standard InChI is InChI=1S/C23H24BrN3O4/c1-28-19-11-15(12-20(29-2)21(19)30-3)26-23-25-13-17(24)22(27-23)31-18-10-6-8-14-7-4-5-9-16(14)18/h6,8,10-13H,4-5,7,9H2,1-3H3,(H,25,26,27). The highest BCUT2D eigenvalue weighted by molar-refractivity contribution is 9.10. The monoisotopic (exact) mass is 485 g/mol. The number of benzene rings is 2. The number of rotatable bonds is 7. The fourth-order valence-electron chi connectivity index (χ4n) is 3.71. The van der Waals surface area contributed by atoms with Gasteiger partial charge in [0.25, 0.3) is 0 Å². The van der Waals surface area contributed by atoms with Gasteiger partial charge >= 0.3 is 0 Å². The molecule has 31 heavy (non-hydrogen) atoms. The first-order valence-corrected chi connectivity index (χ1v) is 10.8. The number of fused-ring (bicyclic) bond motifs is 1. The summed E-state index contributed by atoms with van der Waals surface area (Å²) < 4.78 is 23.1. The third-order valence-electron chi connectivity index (χ3n) is 5.19. The first-order chi connectivity index (χ1) is 15.1. The maximum atomic E-state index is 6.20. The molecule has 0 radical (unpaired) electrons. The number of aryl methyl sites for hydroxylation is 1. The number of nitrogens with one attached hydrogen (secondary N) is 1. The van der Waals surface area contributed by atoms with Gasteiger partial charge in [0.1, 0.15) is 5.75 Å². The molecule has 0 saturated heterocycles. The average molecular weight is 486 g/mol. The van der Waals surface area contributed by atoms with Gasteiger partial charge in [0.2, 0.25) is 17.6 Å². The maximum absolute atomic E-state index is 6.20. The van der Waals surface area contributed by atoms with Crippen molar-refractivity contribution in [3.63, 3.8) is 0 Å². The second-order valence-corrected chi connectivity index (χ2v) is 7.94. The van der Waals surface area contributed by atoms with Gasteiger partial charge in [-0.25, -0.2) is 4.98 Å². The van der Waals surface area contributed by atoms with Crippen LogP contribution in [0.5, 0.6) is 28.9 Å². The summed E-state index contributed by atoms with van der Waals surface area (Å²) in [4.78, 5) is 8.92. The highest BCUT2D eigenvalue weighted by atomic mass is 79.9. The van der Waals surface area contributed by atoms with Crippen LogP contribution < -0.4 is 24.3 Å². The molecule has 0 fully saturated rings. The Hall–Kier alpha value is -3.00. The summed E-state index contributed by atoms with van der Waals surface area (Å²) in [6.45, 7) is 0. The molecule has 1 N–H and O–H groups in total. The van der Waals surface area contributed by atoms with Gasteiger partial charge in [0.15, 0.2) is 11.5 Å². The van der Waals surface area contributed by atoms with Gasteiger partial charge in [0, 0.05) is 17.8 Å². The Balaban J connectivity index is 1.62. The van der Waals surface area contributed by atoms with Crippen LogP contribution in [-0.2, 0) is 12.8 Å². The largest absolute Gasteiger partial charge is 0.493 e. The van der Waals surface area contributed by atoms with Crippen molar-refractivity contribution in [2.24, 2.45) is 0 Å². The summed E-state index contributed by atoms with van der Waals surface area (Å²) in [5.74, 6) is 3.27. The predicted molar refractivity (Wildman–Crippen MR) is 122 cm³/mol. The van der Waals surface area contributed by atoms with Crippen molar-refractivity contribution in [3.05, 3.63) is 52.1 Å². The molecule has 8 heteroatoms. The van der Waals surface area contributed by atoms with E-state index in [1.807, 2.05) is 12.1 Å². The highest BCUT2D eigenvalue weighted by Gasteiger charge is 2.17. The molecular weight excluding hydrogens is 462 g/mol. The Bertz CT molecular complexity index is 1070. The fourth-order valence-corrected chi connectivity index (χ4v) is 3.98. The third kappa shape index (κ3) is 4.54. The van der Waals surface area contributed by atoms with E-state index >= 15 is 0 Å². The van der Waals surface area contributed by atoms with Crippen LogP contribution in [0.15, 0.2) is 41.0 Å². The normalized spacial score (nSPS) is 12.6. The third-order valence-corrected chi connectivity index (χ3v) is 5.74. The van der Waals surface area contributed by atoms with E-state index in [9.17, 15) is 0 Å². The number of hydrogen-bond acceptors (Lipinski definition) is 7. The Morgan fingerprint density at radius 3 is 2.39 bits per heavy atom. The van der Waals surface area contributed by atoms with Crippen molar-refractivity contribution in [1.29, 1.82) is 0 Å². The molecule has 0 bridgehead atoms.